The molecule has 148 valence electrons. The number of benzene rings is 1. The highest BCUT2D eigenvalue weighted by atomic mass is 32.1. The number of thiophene rings is 1. The molecule has 3 heterocycles. The number of carbonyl (C=O) groups excluding carboxylic acids is 5. The molecule has 0 bridgehead atoms. The van der Waals surface area contributed by atoms with E-state index in [1.165, 1.54) is 22.3 Å². The van der Waals surface area contributed by atoms with Gasteiger partial charge >= 0.3 is 0 Å². The zero-order valence-electron chi connectivity index (χ0n) is 15.3. The Balaban J connectivity index is 1.52. The van der Waals surface area contributed by atoms with E-state index in [2.05, 4.69) is 10.6 Å². The van der Waals surface area contributed by atoms with Crippen molar-refractivity contribution in [2.24, 2.45) is 0 Å². The van der Waals surface area contributed by atoms with Gasteiger partial charge in [-0.05, 0) is 40.4 Å². The Labute approximate surface area is 169 Å². The molecule has 1 saturated heterocycles. The molecule has 1 unspecified atom stereocenters. The molecule has 0 saturated carbocycles. The molecule has 29 heavy (non-hydrogen) atoms. The highest BCUT2D eigenvalue weighted by molar-refractivity contribution is 7.08. The summed E-state index contributed by atoms with van der Waals surface area (Å²) in [6.45, 7) is 0.171. The fourth-order valence-corrected chi connectivity index (χ4v) is 4.29. The third-order valence-corrected chi connectivity index (χ3v) is 5.73. The van der Waals surface area contributed by atoms with Crippen LogP contribution in [-0.2, 0) is 27.3 Å². The lowest BCUT2D eigenvalue weighted by molar-refractivity contribution is -0.137. The molecular weight excluding hydrogens is 394 g/mol. The molecule has 0 radical (unpaired) electrons. The Bertz CT molecular complexity index is 1030. The van der Waals surface area contributed by atoms with Gasteiger partial charge in [-0.1, -0.05) is 12.1 Å². The van der Waals surface area contributed by atoms with Crippen molar-refractivity contribution < 1.29 is 24.0 Å². The molecule has 2 aromatic rings. The predicted molar refractivity (Wildman–Crippen MR) is 103 cm³/mol. The summed E-state index contributed by atoms with van der Waals surface area (Å²) in [5.74, 6) is -2.44. The van der Waals surface area contributed by atoms with E-state index >= 15 is 0 Å². The van der Waals surface area contributed by atoms with Crippen molar-refractivity contribution in [3.8, 4) is 0 Å². The topological polar surface area (TPSA) is 113 Å². The average molecular weight is 411 g/mol. The van der Waals surface area contributed by atoms with Crippen LogP contribution in [0.15, 0.2) is 35.0 Å². The average Bonchev–Trinajstić information content (AvgIpc) is 3.29. The van der Waals surface area contributed by atoms with Gasteiger partial charge < -0.3 is 4.90 Å². The van der Waals surface area contributed by atoms with Gasteiger partial charge in [-0.2, -0.15) is 11.3 Å². The normalized spacial score (nSPS) is 18.4. The van der Waals surface area contributed by atoms with Crippen LogP contribution in [0.25, 0.3) is 0 Å². The fourth-order valence-electron chi connectivity index (χ4n) is 3.62. The van der Waals surface area contributed by atoms with Crippen LogP contribution in [0.1, 0.15) is 44.7 Å². The summed E-state index contributed by atoms with van der Waals surface area (Å²) < 4.78 is 0. The van der Waals surface area contributed by atoms with Gasteiger partial charge in [-0.15, -0.1) is 0 Å². The van der Waals surface area contributed by atoms with E-state index in [1.807, 2.05) is 10.8 Å². The van der Waals surface area contributed by atoms with Crippen molar-refractivity contribution in [1.29, 1.82) is 0 Å². The fraction of sp³-hybridized carbons (Fsp3) is 0.250. The van der Waals surface area contributed by atoms with Crippen LogP contribution in [0.3, 0.4) is 0 Å². The summed E-state index contributed by atoms with van der Waals surface area (Å²) >= 11 is 1.46. The van der Waals surface area contributed by atoms with Crippen molar-refractivity contribution in [3.05, 3.63) is 57.3 Å². The van der Waals surface area contributed by atoms with E-state index in [-0.39, 0.29) is 42.8 Å². The van der Waals surface area contributed by atoms with Crippen molar-refractivity contribution in [2.45, 2.75) is 31.8 Å². The Morgan fingerprint density at radius 2 is 2.03 bits per heavy atom. The van der Waals surface area contributed by atoms with E-state index in [4.69, 9.17) is 0 Å². The summed E-state index contributed by atoms with van der Waals surface area (Å²) in [5, 5.41) is 8.24. The first-order valence-corrected chi connectivity index (χ1v) is 10.00. The van der Waals surface area contributed by atoms with Gasteiger partial charge in [-0.25, -0.2) is 0 Å². The predicted octanol–water partition coefficient (Wildman–Crippen LogP) is 1.01. The minimum Gasteiger partial charge on any atom is -0.322 e. The van der Waals surface area contributed by atoms with Crippen LogP contribution < -0.4 is 10.6 Å². The maximum atomic E-state index is 13.0. The SMILES string of the molecule is O=C(Cc1ccsc1)NC(=O)c1cccc2c1C(=O)N(C1CCC(=O)NC1=O)C2. The Kier molecular flexibility index (Phi) is 4.98. The van der Waals surface area contributed by atoms with Crippen molar-refractivity contribution >= 4 is 40.9 Å². The number of imide groups is 2. The summed E-state index contributed by atoms with van der Waals surface area (Å²) in [6.07, 6.45) is 0.465. The van der Waals surface area contributed by atoms with Crippen LogP contribution in [0.4, 0.5) is 0 Å². The molecule has 8 nitrogen and oxygen atoms in total. The molecule has 0 spiro atoms. The quantitative estimate of drug-likeness (QED) is 0.729. The maximum Gasteiger partial charge on any atom is 0.258 e. The highest BCUT2D eigenvalue weighted by Gasteiger charge is 2.40. The molecule has 1 fully saturated rings. The number of hydrogen-bond donors (Lipinski definition) is 2. The monoisotopic (exact) mass is 411 g/mol. The lowest BCUT2D eigenvalue weighted by atomic mass is 10.0. The summed E-state index contributed by atoms with van der Waals surface area (Å²) in [7, 11) is 0. The number of nitrogens with zero attached hydrogens (tertiary/aromatic N) is 1. The zero-order chi connectivity index (χ0) is 20.5. The largest absolute Gasteiger partial charge is 0.322 e. The Hall–Kier alpha value is -3.33. The van der Waals surface area contributed by atoms with Gasteiger partial charge in [0.15, 0.2) is 0 Å². The van der Waals surface area contributed by atoms with Crippen LogP contribution >= 0.6 is 11.3 Å². The molecule has 0 aliphatic carbocycles. The van der Waals surface area contributed by atoms with Crippen LogP contribution in [0.5, 0.6) is 0 Å². The van der Waals surface area contributed by atoms with Crippen LogP contribution in [-0.4, -0.2) is 40.5 Å². The van der Waals surface area contributed by atoms with Crippen molar-refractivity contribution in [2.75, 3.05) is 0 Å². The molecule has 4 rings (SSSR count). The lowest BCUT2D eigenvalue weighted by Crippen LogP contribution is -2.52. The van der Waals surface area contributed by atoms with Gasteiger partial charge in [0.05, 0.1) is 17.5 Å². The molecule has 1 aromatic heterocycles. The van der Waals surface area contributed by atoms with E-state index in [0.717, 1.165) is 5.56 Å². The molecule has 1 atom stereocenters. The second-order valence-electron chi connectivity index (χ2n) is 6.93. The second kappa shape index (κ2) is 7.59. The number of fused-ring (bicyclic) bond motifs is 1. The zero-order valence-corrected chi connectivity index (χ0v) is 16.1. The standard InChI is InChI=1S/C20H17N3O5S/c24-15-5-4-14(19(27)21-15)23-9-12-2-1-3-13(17(12)20(23)28)18(26)22-16(25)8-11-6-7-29-10-11/h1-3,6-7,10,14H,4-5,8-9H2,(H,21,24,27)(H,22,25,26). The van der Waals surface area contributed by atoms with Crippen LogP contribution in [0, 0.1) is 0 Å². The summed E-state index contributed by atoms with van der Waals surface area (Å²) in [4.78, 5) is 62.7. The van der Waals surface area contributed by atoms with E-state index in [1.54, 1.807) is 18.2 Å². The highest BCUT2D eigenvalue weighted by Crippen LogP contribution is 2.29. The van der Waals surface area contributed by atoms with E-state index in [9.17, 15) is 24.0 Å². The minimum atomic E-state index is -0.760. The van der Waals surface area contributed by atoms with E-state index < -0.39 is 29.7 Å². The number of hydrogen-bond acceptors (Lipinski definition) is 6. The van der Waals surface area contributed by atoms with Gasteiger partial charge in [0.2, 0.25) is 17.7 Å². The maximum absolute atomic E-state index is 13.0. The number of rotatable bonds is 4. The summed E-state index contributed by atoms with van der Waals surface area (Å²) in [5.41, 5.74) is 1.70. The van der Waals surface area contributed by atoms with E-state index in [0.29, 0.717) is 5.56 Å². The van der Waals surface area contributed by atoms with Crippen molar-refractivity contribution in [1.82, 2.24) is 15.5 Å². The molecular formula is C20H17N3O5S. The smallest absolute Gasteiger partial charge is 0.258 e. The Morgan fingerprint density at radius 1 is 1.21 bits per heavy atom. The molecule has 2 aliphatic heterocycles. The first kappa shape index (κ1) is 19.0. The van der Waals surface area contributed by atoms with Crippen LogP contribution in [0.2, 0.25) is 0 Å². The minimum absolute atomic E-state index is 0.0700. The first-order chi connectivity index (χ1) is 13.9. The molecule has 1 aromatic carbocycles. The second-order valence-corrected chi connectivity index (χ2v) is 7.71. The van der Waals surface area contributed by atoms with Gasteiger partial charge in [-0.3, -0.25) is 34.6 Å². The summed E-state index contributed by atoms with van der Waals surface area (Å²) in [6, 6.07) is 5.87. The van der Waals surface area contributed by atoms with Gasteiger partial charge in [0, 0.05) is 13.0 Å². The lowest BCUT2D eigenvalue weighted by Gasteiger charge is -2.29. The first-order valence-electron chi connectivity index (χ1n) is 9.06. The number of amides is 5. The number of carbonyl (C=O) groups is 5. The molecule has 9 heteroatoms. The van der Waals surface area contributed by atoms with Crippen molar-refractivity contribution in [3.63, 3.8) is 0 Å². The Morgan fingerprint density at radius 3 is 2.76 bits per heavy atom. The third kappa shape index (κ3) is 3.68. The molecule has 2 N–H and O–H groups in total. The molecule has 5 amide bonds. The third-order valence-electron chi connectivity index (χ3n) is 4.99. The van der Waals surface area contributed by atoms with Gasteiger partial charge in [0.25, 0.3) is 11.8 Å². The van der Waals surface area contributed by atoms with Gasteiger partial charge in [0.1, 0.15) is 6.04 Å². The molecule has 2 aliphatic rings. The number of nitrogens with one attached hydrogen (secondary N) is 2. The number of piperidine rings is 1.